The molecule has 0 bridgehead atoms. The van der Waals surface area contributed by atoms with Crippen molar-refractivity contribution < 1.29 is 31.9 Å². The van der Waals surface area contributed by atoms with Crippen LogP contribution in [-0.2, 0) is 11.2 Å². The molecule has 250 valence electrons. The predicted molar refractivity (Wildman–Crippen MR) is 172 cm³/mol. The number of hydrogen-bond acceptors (Lipinski definition) is 8. The van der Waals surface area contributed by atoms with Crippen LogP contribution < -0.4 is 20.2 Å². The van der Waals surface area contributed by atoms with E-state index in [9.17, 15) is 22.8 Å². The van der Waals surface area contributed by atoms with Crippen LogP contribution in [0.5, 0.6) is 17.2 Å². The van der Waals surface area contributed by atoms with Crippen molar-refractivity contribution in [1.29, 1.82) is 0 Å². The molecule has 1 amide bonds. The summed E-state index contributed by atoms with van der Waals surface area (Å²) in [5, 5.41) is 3.90. The molecule has 2 aromatic carbocycles. The lowest BCUT2D eigenvalue weighted by molar-refractivity contribution is -0.149. The fraction of sp³-hybridized carbons (Fsp3) is 0.457. The molecule has 9 nitrogen and oxygen atoms in total. The highest BCUT2D eigenvalue weighted by atomic mass is 19.4. The number of pyridine rings is 1. The van der Waals surface area contributed by atoms with E-state index in [2.05, 4.69) is 15.2 Å². The minimum absolute atomic E-state index is 0.0503. The Morgan fingerprint density at radius 3 is 2.47 bits per heavy atom. The number of carbonyl (C=O) groups excluding carboxylic acids is 1. The van der Waals surface area contributed by atoms with E-state index in [-0.39, 0.29) is 17.9 Å². The first-order chi connectivity index (χ1) is 22.6. The average molecular weight is 653 g/mol. The van der Waals surface area contributed by atoms with Gasteiger partial charge in [0.25, 0.3) is 0 Å². The first-order valence-corrected chi connectivity index (χ1v) is 16.2. The lowest BCUT2D eigenvalue weighted by Crippen LogP contribution is -2.49. The van der Waals surface area contributed by atoms with Gasteiger partial charge in [0.05, 0.1) is 23.5 Å². The quantitative estimate of drug-likeness (QED) is 0.198. The number of aryl methyl sites for hydroxylation is 2. The van der Waals surface area contributed by atoms with E-state index in [4.69, 9.17) is 13.9 Å². The summed E-state index contributed by atoms with van der Waals surface area (Å²) in [6.45, 7) is 3.53. The molecule has 1 aliphatic carbocycles. The normalized spacial score (nSPS) is 16.6. The largest absolute Gasteiger partial charge is 0.488 e. The first-order valence-electron chi connectivity index (χ1n) is 16.2. The molecular formula is C35H39F3N4O5. The molecule has 2 aromatic heterocycles. The molecule has 0 atom stereocenters. The SMILES string of the molecule is Cc1cc(OCCN2CCN(CC(F)(F)F)CC2)c2oc3cc(Oc4ccc(CCC(=O)NC5CCCC5)nc4)ccc3c(=O)c2c1. The summed E-state index contributed by atoms with van der Waals surface area (Å²) in [5.41, 5.74) is 2.10. The third-order valence-corrected chi connectivity index (χ3v) is 8.75. The molecule has 1 saturated carbocycles. The van der Waals surface area contributed by atoms with Gasteiger partial charge >= 0.3 is 6.18 Å². The number of rotatable bonds is 11. The molecule has 1 aliphatic heterocycles. The maximum atomic E-state index is 13.5. The van der Waals surface area contributed by atoms with E-state index in [1.54, 1.807) is 36.5 Å². The predicted octanol–water partition coefficient (Wildman–Crippen LogP) is 5.99. The zero-order chi connectivity index (χ0) is 33.0. The van der Waals surface area contributed by atoms with Gasteiger partial charge in [0.2, 0.25) is 11.3 Å². The summed E-state index contributed by atoms with van der Waals surface area (Å²) in [5.74, 6) is 1.45. The summed E-state index contributed by atoms with van der Waals surface area (Å²) >= 11 is 0. The summed E-state index contributed by atoms with van der Waals surface area (Å²) in [7, 11) is 0. The summed E-state index contributed by atoms with van der Waals surface area (Å²) in [6, 6.07) is 12.5. The molecule has 47 heavy (non-hydrogen) atoms. The summed E-state index contributed by atoms with van der Waals surface area (Å²) in [6.07, 6.45) is 2.78. The maximum absolute atomic E-state index is 13.5. The number of ether oxygens (including phenoxy) is 2. The summed E-state index contributed by atoms with van der Waals surface area (Å²) < 4.78 is 56.5. The second-order valence-corrected chi connectivity index (χ2v) is 12.4. The van der Waals surface area contributed by atoms with Crippen molar-refractivity contribution in [2.24, 2.45) is 0 Å². The molecule has 0 radical (unpaired) electrons. The van der Waals surface area contributed by atoms with E-state index >= 15 is 0 Å². The van der Waals surface area contributed by atoms with Gasteiger partial charge in [-0.2, -0.15) is 13.2 Å². The summed E-state index contributed by atoms with van der Waals surface area (Å²) in [4.78, 5) is 33.7. The minimum Gasteiger partial charge on any atom is -0.488 e. The number of halogens is 3. The molecule has 2 fully saturated rings. The van der Waals surface area contributed by atoms with Gasteiger partial charge in [-0.25, -0.2) is 0 Å². The van der Waals surface area contributed by atoms with Gasteiger partial charge in [0, 0.05) is 56.9 Å². The van der Waals surface area contributed by atoms with Crippen LogP contribution in [0.1, 0.15) is 43.4 Å². The first kappa shape index (κ1) is 32.8. The number of amides is 1. The number of aromatic nitrogens is 1. The van der Waals surface area contributed by atoms with Gasteiger partial charge in [-0.1, -0.05) is 12.8 Å². The number of fused-ring (bicyclic) bond motifs is 2. The third kappa shape index (κ3) is 8.61. The fourth-order valence-electron chi connectivity index (χ4n) is 6.29. The third-order valence-electron chi connectivity index (χ3n) is 8.75. The Kier molecular flexibility index (Phi) is 9.97. The van der Waals surface area contributed by atoms with Crippen LogP contribution >= 0.6 is 0 Å². The van der Waals surface area contributed by atoms with Crippen LogP contribution in [0.15, 0.2) is 57.9 Å². The maximum Gasteiger partial charge on any atom is 0.401 e. The molecule has 0 spiro atoms. The standard InChI is InChI=1S/C35H39F3N4O5/c1-23-18-29-33(44)28-10-9-26(46-27-8-6-24(39-21-27)7-11-32(43)40-25-4-2-3-5-25)20-30(28)47-34(29)31(19-23)45-17-16-41-12-14-42(15-13-41)22-35(36,37)38/h6,8-10,18-21,25H,2-5,7,11-17,22H2,1H3,(H,40,43). The zero-order valence-corrected chi connectivity index (χ0v) is 26.4. The molecule has 1 saturated heterocycles. The van der Waals surface area contributed by atoms with Gasteiger partial charge in [-0.3, -0.25) is 24.4 Å². The van der Waals surface area contributed by atoms with Crippen molar-refractivity contribution >= 4 is 27.8 Å². The highest BCUT2D eigenvalue weighted by molar-refractivity contribution is 5.93. The van der Waals surface area contributed by atoms with Crippen molar-refractivity contribution in [3.63, 3.8) is 0 Å². The molecule has 4 aromatic rings. The highest BCUT2D eigenvalue weighted by Crippen LogP contribution is 2.31. The molecule has 0 unspecified atom stereocenters. The van der Waals surface area contributed by atoms with Gasteiger partial charge in [-0.15, -0.1) is 0 Å². The fourth-order valence-corrected chi connectivity index (χ4v) is 6.29. The Hall–Kier alpha value is -4.16. The van der Waals surface area contributed by atoms with Gasteiger partial charge in [0.15, 0.2) is 11.3 Å². The number of nitrogens with one attached hydrogen (secondary N) is 1. The van der Waals surface area contributed by atoms with Crippen molar-refractivity contribution in [2.75, 3.05) is 45.9 Å². The number of hydrogen-bond donors (Lipinski definition) is 1. The van der Waals surface area contributed by atoms with Crippen LogP contribution in [0, 0.1) is 6.92 Å². The Balaban J connectivity index is 1.09. The van der Waals surface area contributed by atoms with Gasteiger partial charge in [0.1, 0.15) is 23.7 Å². The van der Waals surface area contributed by atoms with Crippen LogP contribution in [-0.4, -0.2) is 78.8 Å². The van der Waals surface area contributed by atoms with Crippen molar-refractivity contribution in [3.05, 3.63) is 70.1 Å². The number of carbonyl (C=O) groups is 1. The smallest absolute Gasteiger partial charge is 0.401 e. The Labute approximate surface area is 270 Å². The van der Waals surface area contributed by atoms with Crippen LogP contribution in [0.25, 0.3) is 21.9 Å². The van der Waals surface area contributed by atoms with Crippen LogP contribution in [0.2, 0.25) is 0 Å². The van der Waals surface area contributed by atoms with E-state index < -0.39 is 12.7 Å². The Morgan fingerprint density at radius 1 is 1.00 bits per heavy atom. The Bertz CT molecular complexity index is 1760. The van der Waals surface area contributed by atoms with E-state index in [1.807, 2.05) is 19.1 Å². The van der Waals surface area contributed by atoms with Crippen molar-refractivity contribution in [1.82, 2.24) is 20.1 Å². The number of benzene rings is 2. The van der Waals surface area contributed by atoms with E-state index in [1.165, 1.54) is 17.7 Å². The lowest BCUT2D eigenvalue weighted by atomic mass is 10.1. The molecule has 3 heterocycles. The second kappa shape index (κ2) is 14.3. The number of alkyl halides is 3. The monoisotopic (exact) mass is 652 g/mol. The van der Waals surface area contributed by atoms with Gasteiger partial charge in [-0.05, 0) is 68.1 Å². The molecule has 12 heteroatoms. The number of piperazine rings is 1. The van der Waals surface area contributed by atoms with E-state index in [0.29, 0.717) is 90.8 Å². The zero-order valence-electron chi connectivity index (χ0n) is 26.4. The second-order valence-electron chi connectivity index (χ2n) is 12.4. The minimum atomic E-state index is -4.20. The van der Waals surface area contributed by atoms with E-state index in [0.717, 1.165) is 24.1 Å². The highest BCUT2D eigenvalue weighted by Gasteiger charge is 2.32. The van der Waals surface area contributed by atoms with Gasteiger partial charge < -0.3 is 19.2 Å². The molecule has 2 aliphatic rings. The van der Waals surface area contributed by atoms with Crippen molar-refractivity contribution in [3.8, 4) is 17.2 Å². The topological polar surface area (TPSA) is 97.1 Å². The van der Waals surface area contributed by atoms with Crippen LogP contribution in [0.3, 0.4) is 0 Å². The van der Waals surface area contributed by atoms with Crippen LogP contribution in [0.4, 0.5) is 13.2 Å². The lowest BCUT2D eigenvalue weighted by Gasteiger charge is -2.34. The molecular weight excluding hydrogens is 613 g/mol. The molecule has 1 N–H and O–H groups in total. The van der Waals surface area contributed by atoms with Crippen molar-refractivity contribution in [2.45, 2.75) is 57.7 Å². The number of nitrogens with zero attached hydrogens (tertiary/aromatic N) is 3. The average Bonchev–Trinajstić information content (AvgIpc) is 3.54. The Morgan fingerprint density at radius 2 is 1.74 bits per heavy atom. The molecule has 6 rings (SSSR count).